The van der Waals surface area contributed by atoms with Crippen LogP contribution in [0, 0.1) is 37.9 Å². The SMILES string of the molecule is CC(C)(C)CN1CC1.CC(C)(C)CN1CCC1.CC(C)(C)CN1CCCC1.CC(C)(C)CN1CCCCC1.CC(C)(C)CN1CCCCC1.CC(C)(C)CN1CCNCC1.CN1CCN(CC(C)(C)C)CC1. The van der Waals surface area contributed by atoms with Gasteiger partial charge in [-0.15, -0.1) is 0 Å². The summed E-state index contributed by atoms with van der Waals surface area (Å²) in [5.41, 5.74) is 3.38. The Kier molecular flexibility index (Phi) is 32.7. The highest BCUT2D eigenvalue weighted by atomic mass is 15.3. The van der Waals surface area contributed by atoms with E-state index in [1.54, 1.807) is 0 Å². The smallest absolute Gasteiger partial charge is 0.0110 e. The van der Waals surface area contributed by atoms with Crippen molar-refractivity contribution in [1.29, 1.82) is 0 Å². The van der Waals surface area contributed by atoms with Crippen molar-refractivity contribution in [2.24, 2.45) is 37.9 Å². The molecule has 9 heteroatoms. The second kappa shape index (κ2) is 33.8. The molecule has 0 aromatic heterocycles. The maximum atomic E-state index is 3.36. The maximum Gasteiger partial charge on any atom is 0.0110 e. The number of nitrogens with zero attached hydrogens (tertiary/aromatic N) is 8. The summed E-state index contributed by atoms with van der Waals surface area (Å²) in [5.74, 6) is 0. The molecule has 0 aromatic rings. The highest BCUT2D eigenvalue weighted by Crippen LogP contribution is 2.23. The van der Waals surface area contributed by atoms with Gasteiger partial charge in [0, 0.05) is 111 Å². The maximum absolute atomic E-state index is 3.36. The monoisotopic (exact) mass is 1020 g/mol. The molecule has 72 heavy (non-hydrogen) atoms. The van der Waals surface area contributed by atoms with Crippen LogP contribution in [0.1, 0.15) is 203 Å². The molecule has 0 atom stereocenters. The minimum atomic E-state index is 0.454. The van der Waals surface area contributed by atoms with Crippen LogP contribution in [0.4, 0.5) is 0 Å². The molecule has 0 spiro atoms. The van der Waals surface area contributed by atoms with Crippen molar-refractivity contribution in [3.05, 3.63) is 0 Å². The minimum absolute atomic E-state index is 0.454. The van der Waals surface area contributed by atoms with Gasteiger partial charge in [0.2, 0.25) is 0 Å². The Bertz CT molecular complexity index is 1210. The second-order valence-corrected chi connectivity index (χ2v) is 32.1. The first kappa shape index (κ1) is 69.7. The van der Waals surface area contributed by atoms with E-state index in [0.29, 0.717) is 37.9 Å². The largest absolute Gasteiger partial charge is 0.314 e. The van der Waals surface area contributed by atoms with Crippen molar-refractivity contribution in [3.63, 3.8) is 0 Å². The van der Waals surface area contributed by atoms with Gasteiger partial charge in [0.15, 0.2) is 0 Å². The lowest BCUT2D eigenvalue weighted by Gasteiger charge is -2.36. The Morgan fingerprint density at radius 3 is 0.597 bits per heavy atom. The molecule has 7 aliphatic heterocycles. The fourth-order valence-electron chi connectivity index (χ4n) is 10.5. The predicted molar refractivity (Wildman–Crippen MR) is 323 cm³/mol. The van der Waals surface area contributed by atoms with Crippen molar-refractivity contribution < 1.29 is 0 Å². The fourth-order valence-corrected chi connectivity index (χ4v) is 10.5. The molecular weight excluding hydrogens is 883 g/mol. The second-order valence-electron chi connectivity index (χ2n) is 32.1. The van der Waals surface area contributed by atoms with Crippen LogP contribution in [-0.4, -0.2) is 210 Å². The van der Waals surface area contributed by atoms with Gasteiger partial charge >= 0.3 is 0 Å². The van der Waals surface area contributed by atoms with E-state index in [-0.39, 0.29) is 0 Å². The van der Waals surface area contributed by atoms with E-state index < -0.39 is 0 Å². The van der Waals surface area contributed by atoms with E-state index in [4.69, 9.17) is 0 Å². The zero-order valence-electron chi connectivity index (χ0n) is 53.6. The summed E-state index contributed by atoms with van der Waals surface area (Å²) >= 11 is 0. The summed E-state index contributed by atoms with van der Waals surface area (Å²) in [4.78, 5) is 20.3. The number of likely N-dealkylation sites (tertiary alicyclic amines) is 4. The molecule has 0 aromatic carbocycles. The van der Waals surface area contributed by atoms with Crippen molar-refractivity contribution in [3.8, 4) is 0 Å². The zero-order chi connectivity index (χ0) is 54.9. The van der Waals surface area contributed by atoms with E-state index in [1.807, 2.05) is 0 Å². The molecule has 7 saturated heterocycles. The van der Waals surface area contributed by atoms with Gasteiger partial charge in [-0.3, -0.25) is 0 Å². The third-order valence-corrected chi connectivity index (χ3v) is 13.3. The Morgan fingerprint density at radius 1 is 0.222 bits per heavy atom. The highest BCUT2D eigenvalue weighted by molar-refractivity contribution is 4.80. The average Bonchev–Trinajstić information content (AvgIpc) is 3.85. The van der Waals surface area contributed by atoms with E-state index in [1.165, 1.54) is 208 Å². The molecular formula is C63H135N9. The lowest BCUT2D eigenvalue weighted by Crippen LogP contribution is -2.47. The van der Waals surface area contributed by atoms with Gasteiger partial charge in [0.05, 0.1) is 0 Å². The Hall–Kier alpha value is -0.360. The molecule has 432 valence electrons. The van der Waals surface area contributed by atoms with Crippen LogP contribution in [0.5, 0.6) is 0 Å². The first-order chi connectivity index (χ1) is 32.9. The summed E-state index contributed by atoms with van der Waals surface area (Å²) in [6.07, 6.45) is 12.8. The minimum Gasteiger partial charge on any atom is -0.314 e. The van der Waals surface area contributed by atoms with Crippen LogP contribution in [-0.2, 0) is 0 Å². The fraction of sp³-hybridized carbons (Fsp3) is 1.00. The third-order valence-electron chi connectivity index (χ3n) is 13.3. The van der Waals surface area contributed by atoms with Crippen LogP contribution < -0.4 is 5.32 Å². The average molecular weight is 1020 g/mol. The lowest BCUT2D eigenvalue weighted by molar-refractivity contribution is 0.117. The van der Waals surface area contributed by atoms with Crippen molar-refractivity contribution in [1.82, 2.24) is 44.5 Å². The van der Waals surface area contributed by atoms with Gasteiger partial charge in [0.1, 0.15) is 0 Å². The van der Waals surface area contributed by atoms with Gasteiger partial charge in [-0.05, 0) is 142 Å². The van der Waals surface area contributed by atoms with Gasteiger partial charge < -0.3 is 44.5 Å². The molecule has 7 fully saturated rings. The van der Waals surface area contributed by atoms with Crippen LogP contribution in [0.15, 0.2) is 0 Å². The third kappa shape index (κ3) is 45.8. The molecule has 0 saturated carbocycles. The first-order valence-corrected chi connectivity index (χ1v) is 30.4. The molecule has 0 bridgehead atoms. The van der Waals surface area contributed by atoms with E-state index in [9.17, 15) is 0 Å². The number of hydrogen-bond donors (Lipinski definition) is 1. The topological polar surface area (TPSA) is 37.7 Å². The molecule has 9 nitrogen and oxygen atoms in total. The molecule has 0 radical (unpaired) electrons. The summed E-state index contributed by atoms with van der Waals surface area (Å²) in [7, 11) is 2.20. The standard InChI is InChI=1S/C10H22N2.2C10H21N.C9H20N2.C9H19N.C8H17N.C7H15N/c1-10(2,3)9-12-7-5-11(4)6-8-12;2*1-10(2,3)9-11-7-5-4-6-8-11;1-9(2,3)8-11-6-4-10-5-7-11;1-9(2,3)8-10-6-4-5-7-10;1-8(2,3)7-9-5-4-6-9;1-7(2,3)6-8-4-5-8/h5-9H2,1-4H3;2*4-9H2,1-3H3;10H,4-8H2,1-3H3;4-8H2,1-3H3;4-7H2,1-3H3;4-6H2,1-3H3. The van der Waals surface area contributed by atoms with Gasteiger partial charge in [0.25, 0.3) is 0 Å². The number of likely N-dealkylation sites (N-methyl/N-ethyl adjacent to an activating group) is 1. The molecule has 7 aliphatic rings. The number of piperazine rings is 2. The molecule has 0 amide bonds. The summed E-state index contributed by atoms with van der Waals surface area (Å²) in [5, 5.41) is 3.36. The van der Waals surface area contributed by atoms with Gasteiger partial charge in [-0.2, -0.15) is 0 Å². The van der Waals surface area contributed by atoms with E-state index in [0.717, 1.165) is 13.1 Å². The van der Waals surface area contributed by atoms with Crippen LogP contribution in [0.3, 0.4) is 0 Å². The highest BCUT2D eigenvalue weighted by Gasteiger charge is 2.25. The summed E-state index contributed by atoms with van der Waals surface area (Å²) in [6, 6.07) is 0. The predicted octanol–water partition coefficient (Wildman–Crippen LogP) is 12.5. The number of piperidine rings is 2. The van der Waals surface area contributed by atoms with E-state index in [2.05, 4.69) is 197 Å². The Morgan fingerprint density at radius 2 is 0.403 bits per heavy atom. The van der Waals surface area contributed by atoms with Crippen LogP contribution in [0.25, 0.3) is 0 Å². The summed E-state index contributed by atoms with van der Waals surface area (Å²) in [6.45, 7) is 80.3. The van der Waals surface area contributed by atoms with Crippen LogP contribution >= 0.6 is 0 Å². The molecule has 1 N–H and O–H groups in total. The number of rotatable bonds is 7. The van der Waals surface area contributed by atoms with Gasteiger partial charge in [-0.25, -0.2) is 0 Å². The Balaban J connectivity index is 0.000000421. The van der Waals surface area contributed by atoms with Crippen molar-refractivity contribution in [2.75, 3.05) is 171 Å². The van der Waals surface area contributed by atoms with Crippen molar-refractivity contribution >= 4 is 0 Å². The molecule has 0 aliphatic carbocycles. The quantitative estimate of drug-likeness (QED) is 0.251. The number of hydrogen-bond acceptors (Lipinski definition) is 9. The van der Waals surface area contributed by atoms with E-state index >= 15 is 0 Å². The zero-order valence-corrected chi connectivity index (χ0v) is 53.6. The molecule has 7 heterocycles. The first-order valence-electron chi connectivity index (χ1n) is 30.4. The van der Waals surface area contributed by atoms with Gasteiger partial charge in [-0.1, -0.05) is 158 Å². The van der Waals surface area contributed by atoms with Crippen molar-refractivity contribution in [2.45, 2.75) is 203 Å². The molecule has 0 unspecified atom stereocenters. The van der Waals surface area contributed by atoms with Crippen LogP contribution in [0.2, 0.25) is 0 Å². The number of nitrogens with one attached hydrogen (secondary N) is 1. The normalized spacial score (nSPS) is 22.1. The summed E-state index contributed by atoms with van der Waals surface area (Å²) < 4.78 is 0. The lowest BCUT2D eigenvalue weighted by atomic mass is 9.94. The Labute approximate surface area is 454 Å². The molecule has 7 rings (SSSR count).